The van der Waals surface area contributed by atoms with Gasteiger partial charge in [-0.2, -0.15) is 0 Å². The molecule has 3 N–H and O–H groups in total. The molecule has 3 heterocycles. The molecular weight excluding hydrogens is 324 g/mol. The first-order chi connectivity index (χ1) is 11.8. The van der Waals surface area contributed by atoms with E-state index in [0.717, 1.165) is 0 Å². The SMILES string of the molecule is Cn1cc(C(=O)NCC2(C)CCN(C(=O)O)CC2)c2cc[nH]c2c1=O. The van der Waals surface area contributed by atoms with Gasteiger partial charge in [-0.1, -0.05) is 6.92 Å². The lowest BCUT2D eigenvalue weighted by atomic mass is 9.80. The van der Waals surface area contributed by atoms with Crippen LogP contribution >= 0.6 is 0 Å². The number of carboxylic acid groups (broad SMARTS) is 1. The zero-order valence-electron chi connectivity index (χ0n) is 14.3. The molecule has 0 bridgehead atoms. The molecule has 1 aliphatic rings. The maximum absolute atomic E-state index is 12.6. The summed E-state index contributed by atoms with van der Waals surface area (Å²) in [6.45, 7) is 3.47. The lowest BCUT2D eigenvalue weighted by Gasteiger charge is -2.38. The Hall–Kier alpha value is -2.77. The van der Waals surface area contributed by atoms with E-state index >= 15 is 0 Å². The number of aromatic amines is 1. The van der Waals surface area contributed by atoms with Crippen LogP contribution in [0.15, 0.2) is 23.3 Å². The van der Waals surface area contributed by atoms with Crippen molar-refractivity contribution in [2.75, 3.05) is 19.6 Å². The highest BCUT2D eigenvalue weighted by molar-refractivity contribution is 6.05. The Morgan fingerprint density at radius 3 is 2.68 bits per heavy atom. The number of likely N-dealkylation sites (tertiary alicyclic amines) is 1. The number of carbonyl (C=O) groups excluding carboxylic acids is 1. The molecule has 8 heteroatoms. The van der Waals surface area contributed by atoms with Gasteiger partial charge in [-0.05, 0) is 24.3 Å². The number of aryl methyl sites for hydroxylation is 1. The van der Waals surface area contributed by atoms with E-state index in [-0.39, 0.29) is 16.9 Å². The first-order valence-corrected chi connectivity index (χ1v) is 8.23. The van der Waals surface area contributed by atoms with Gasteiger partial charge >= 0.3 is 6.09 Å². The van der Waals surface area contributed by atoms with Gasteiger partial charge in [0.05, 0.1) is 5.56 Å². The molecule has 1 aliphatic heterocycles. The zero-order chi connectivity index (χ0) is 18.2. The van der Waals surface area contributed by atoms with E-state index in [1.807, 2.05) is 0 Å². The van der Waals surface area contributed by atoms with E-state index < -0.39 is 6.09 Å². The Morgan fingerprint density at radius 2 is 2.04 bits per heavy atom. The van der Waals surface area contributed by atoms with Crippen molar-refractivity contribution < 1.29 is 14.7 Å². The van der Waals surface area contributed by atoms with E-state index in [9.17, 15) is 14.4 Å². The number of nitrogens with one attached hydrogen (secondary N) is 2. The van der Waals surface area contributed by atoms with Crippen LogP contribution in [0.4, 0.5) is 4.79 Å². The van der Waals surface area contributed by atoms with Crippen LogP contribution in [0, 0.1) is 5.41 Å². The Bertz CT molecular complexity index is 874. The number of rotatable bonds is 3. The number of hydrogen-bond donors (Lipinski definition) is 3. The maximum atomic E-state index is 12.6. The molecule has 0 spiro atoms. The van der Waals surface area contributed by atoms with Gasteiger partial charge in [0.15, 0.2) is 0 Å². The molecule has 8 nitrogen and oxygen atoms in total. The molecule has 134 valence electrons. The molecule has 2 aromatic heterocycles. The van der Waals surface area contributed by atoms with E-state index in [0.29, 0.717) is 48.9 Å². The normalized spacial score (nSPS) is 16.8. The van der Waals surface area contributed by atoms with Crippen molar-refractivity contribution >= 4 is 22.9 Å². The summed E-state index contributed by atoms with van der Waals surface area (Å²) in [5.74, 6) is -0.234. The fourth-order valence-corrected chi connectivity index (χ4v) is 3.25. The van der Waals surface area contributed by atoms with Gasteiger partial charge in [-0.25, -0.2) is 4.79 Å². The first-order valence-electron chi connectivity index (χ1n) is 8.23. The van der Waals surface area contributed by atoms with Crippen molar-refractivity contribution in [1.29, 1.82) is 0 Å². The molecule has 1 fully saturated rings. The van der Waals surface area contributed by atoms with Crippen molar-refractivity contribution in [3.05, 3.63) is 34.4 Å². The van der Waals surface area contributed by atoms with Crippen molar-refractivity contribution in [1.82, 2.24) is 19.8 Å². The average molecular weight is 346 g/mol. The minimum absolute atomic E-state index is 0.139. The van der Waals surface area contributed by atoms with Crippen LogP contribution in [0.2, 0.25) is 0 Å². The van der Waals surface area contributed by atoms with Gasteiger partial charge in [0, 0.05) is 44.5 Å². The lowest BCUT2D eigenvalue weighted by Crippen LogP contribution is -2.46. The van der Waals surface area contributed by atoms with Crippen molar-refractivity contribution in [3.63, 3.8) is 0 Å². The highest BCUT2D eigenvalue weighted by Crippen LogP contribution is 2.30. The number of nitrogens with zero attached hydrogens (tertiary/aromatic N) is 2. The number of carbonyl (C=O) groups is 2. The Kier molecular flexibility index (Phi) is 4.28. The average Bonchev–Trinajstić information content (AvgIpc) is 3.06. The molecule has 2 amide bonds. The number of H-pyrrole nitrogens is 1. The van der Waals surface area contributed by atoms with E-state index in [1.165, 1.54) is 9.47 Å². The molecule has 3 rings (SSSR count). The second-order valence-corrected chi connectivity index (χ2v) is 6.99. The molecule has 1 saturated heterocycles. The summed E-state index contributed by atoms with van der Waals surface area (Å²) in [6.07, 6.45) is 3.69. The van der Waals surface area contributed by atoms with Crippen molar-refractivity contribution in [3.8, 4) is 0 Å². The minimum atomic E-state index is -0.897. The number of piperidine rings is 1. The predicted octanol–water partition coefficient (Wildman–Crippen LogP) is 1.38. The van der Waals surface area contributed by atoms with Gasteiger partial charge in [-0.15, -0.1) is 0 Å². The molecule has 2 aromatic rings. The standard InChI is InChI=1S/C17H22N4O4/c1-17(4-7-21(8-5-17)16(24)25)10-19-14(22)12-9-20(2)15(23)13-11(12)3-6-18-13/h3,6,9,18H,4-5,7-8,10H2,1-2H3,(H,19,22)(H,24,25). The number of amides is 2. The quantitative estimate of drug-likeness (QED) is 0.780. The van der Waals surface area contributed by atoms with E-state index in [2.05, 4.69) is 17.2 Å². The van der Waals surface area contributed by atoms with Crippen LogP contribution in [-0.2, 0) is 7.05 Å². The Balaban J connectivity index is 1.72. The second-order valence-electron chi connectivity index (χ2n) is 6.99. The van der Waals surface area contributed by atoms with Gasteiger partial charge in [-0.3, -0.25) is 9.59 Å². The highest BCUT2D eigenvalue weighted by Gasteiger charge is 2.32. The van der Waals surface area contributed by atoms with Crippen LogP contribution in [0.1, 0.15) is 30.1 Å². The Morgan fingerprint density at radius 1 is 1.36 bits per heavy atom. The molecule has 0 aliphatic carbocycles. The lowest BCUT2D eigenvalue weighted by molar-refractivity contribution is 0.0834. The number of hydrogen-bond acceptors (Lipinski definition) is 3. The van der Waals surface area contributed by atoms with Crippen LogP contribution in [-0.4, -0.2) is 51.2 Å². The Labute approximate surface area is 144 Å². The first kappa shape index (κ1) is 17.1. The summed E-state index contributed by atoms with van der Waals surface area (Å²) in [6, 6.07) is 1.72. The molecule has 0 unspecified atom stereocenters. The molecule has 0 radical (unpaired) electrons. The van der Waals surface area contributed by atoms with Gasteiger partial charge in [0.25, 0.3) is 11.5 Å². The molecule has 0 saturated carbocycles. The third-order valence-corrected chi connectivity index (χ3v) is 5.06. The van der Waals surface area contributed by atoms with Crippen LogP contribution in [0.25, 0.3) is 10.9 Å². The number of fused-ring (bicyclic) bond motifs is 1. The molecular formula is C17H22N4O4. The number of pyridine rings is 1. The summed E-state index contributed by atoms with van der Waals surface area (Å²) in [4.78, 5) is 40.0. The third kappa shape index (κ3) is 3.24. The summed E-state index contributed by atoms with van der Waals surface area (Å²) < 4.78 is 1.39. The van der Waals surface area contributed by atoms with Crippen molar-refractivity contribution in [2.24, 2.45) is 12.5 Å². The topological polar surface area (TPSA) is 107 Å². The summed E-state index contributed by atoms with van der Waals surface area (Å²) in [7, 11) is 1.61. The molecule has 0 aromatic carbocycles. The summed E-state index contributed by atoms with van der Waals surface area (Å²) in [5, 5.41) is 12.6. The van der Waals surface area contributed by atoms with Gasteiger partial charge < -0.3 is 24.9 Å². The second kappa shape index (κ2) is 6.27. The maximum Gasteiger partial charge on any atom is 0.407 e. The van der Waals surface area contributed by atoms with Crippen LogP contribution in [0.3, 0.4) is 0 Å². The largest absolute Gasteiger partial charge is 0.465 e. The fraction of sp³-hybridized carbons (Fsp3) is 0.471. The van der Waals surface area contributed by atoms with E-state index in [1.54, 1.807) is 25.5 Å². The van der Waals surface area contributed by atoms with Crippen molar-refractivity contribution in [2.45, 2.75) is 19.8 Å². The monoisotopic (exact) mass is 346 g/mol. The van der Waals surface area contributed by atoms with Crippen LogP contribution < -0.4 is 10.9 Å². The molecule has 0 atom stereocenters. The smallest absolute Gasteiger partial charge is 0.407 e. The van der Waals surface area contributed by atoms with Gasteiger partial charge in [0.2, 0.25) is 0 Å². The highest BCUT2D eigenvalue weighted by atomic mass is 16.4. The summed E-state index contributed by atoms with van der Waals surface area (Å²) >= 11 is 0. The summed E-state index contributed by atoms with van der Waals surface area (Å²) in [5.41, 5.74) is 0.546. The van der Waals surface area contributed by atoms with E-state index in [4.69, 9.17) is 5.11 Å². The predicted molar refractivity (Wildman–Crippen MR) is 92.8 cm³/mol. The molecule has 25 heavy (non-hydrogen) atoms. The van der Waals surface area contributed by atoms with Crippen LogP contribution in [0.5, 0.6) is 0 Å². The fourth-order valence-electron chi connectivity index (χ4n) is 3.25. The third-order valence-electron chi connectivity index (χ3n) is 5.06. The minimum Gasteiger partial charge on any atom is -0.465 e. The zero-order valence-corrected chi connectivity index (χ0v) is 14.3. The number of aromatic nitrogens is 2. The van der Waals surface area contributed by atoms with Gasteiger partial charge in [0.1, 0.15) is 5.52 Å².